The van der Waals surface area contributed by atoms with E-state index < -0.39 is 23.3 Å². The lowest BCUT2D eigenvalue weighted by atomic mass is 9.99. The maximum Gasteiger partial charge on any atom is 0.286 e. The topological polar surface area (TPSA) is 133 Å². The van der Waals surface area contributed by atoms with E-state index in [9.17, 15) is 14.4 Å². The van der Waals surface area contributed by atoms with Crippen LogP contribution in [0.5, 0.6) is 0 Å². The molecule has 1 atom stereocenters. The normalized spacial score (nSPS) is 12.1. The van der Waals surface area contributed by atoms with Crippen LogP contribution in [0.3, 0.4) is 0 Å². The lowest BCUT2D eigenvalue weighted by molar-refractivity contribution is -0.122. The summed E-state index contributed by atoms with van der Waals surface area (Å²) in [6, 6.07) is 15.7. The molecule has 4 aromatic rings. The third-order valence-corrected chi connectivity index (χ3v) is 5.71. The van der Waals surface area contributed by atoms with Crippen molar-refractivity contribution in [2.45, 2.75) is 39.8 Å². The number of aromatic nitrogens is 3. The Bertz CT molecular complexity index is 1450. The van der Waals surface area contributed by atoms with E-state index >= 15 is 0 Å². The number of hydrogen-bond donors (Lipinski definition) is 2. The summed E-state index contributed by atoms with van der Waals surface area (Å²) in [5.41, 5.74) is 8.10. The van der Waals surface area contributed by atoms with Gasteiger partial charge in [-0.25, -0.2) is 0 Å². The van der Waals surface area contributed by atoms with Gasteiger partial charge in [0, 0.05) is 5.39 Å². The first-order chi connectivity index (χ1) is 16.7. The third-order valence-electron chi connectivity index (χ3n) is 5.71. The number of nitrogen functional groups attached to an aromatic ring is 1. The van der Waals surface area contributed by atoms with E-state index in [0.29, 0.717) is 17.8 Å². The quantitative estimate of drug-likeness (QED) is 0.376. The number of hydrogen-bond acceptors (Lipinski definition) is 7. The average Bonchev–Trinajstić information content (AvgIpc) is 3.28. The molecule has 0 spiro atoms. The molecule has 0 radical (unpaired) electrons. The van der Waals surface area contributed by atoms with Gasteiger partial charge in [-0.1, -0.05) is 61.9 Å². The second-order valence-corrected chi connectivity index (χ2v) is 8.87. The van der Waals surface area contributed by atoms with Crippen LogP contribution in [0.4, 0.5) is 5.69 Å². The number of ketones is 1. The lowest BCUT2D eigenvalue weighted by Crippen LogP contribution is -2.46. The molecule has 0 bridgehead atoms. The van der Waals surface area contributed by atoms with E-state index in [1.165, 1.54) is 4.57 Å². The Morgan fingerprint density at radius 2 is 1.86 bits per heavy atom. The van der Waals surface area contributed by atoms with E-state index in [1.807, 2.05) is 43.3 Å². The zero-order valence-corrected chi connectivity index (χ0v) is 19.8. The SMILES string of the molecule is Cc1cccc(Cc2nnc(C(=O)[C@H](NC(=O)Cn3c(=O)c(N)cc4ccccc43)C(C)C)o2)c1. The smallest absolute Gasteiger partial charge is 0.286 e. The Kier molecular flexibility index (Phi) is 6.77. The maximum absolute atomic E-state index is 13.1. The Labute approximate surface area is 202 Å². The van der Waals surface area contributed by atoms with Gasteiger partial charge in [0.25, 0.3) is 11.4 Å². The molecule has 0 unspecified atom stereocenters. The number of aryl methyl sites for hydroxylation is 1. The summed E-state index contributed by atoms with van der Waals surface area (Å²) < 4.78 is 6.92. The van der Waals surface area contributed by atoms with Gasteiger partial charge in [-0.05, 0) is 30.5 Å². The summed E-state index contributed by atoms with van der Waals surface area (Å²) in [5.74, 6) is -1.10. The monoisotopic (exact) mass is 473 g/mol. The highest BCUT2D eigenvalue weighted by Gasteiger charge is 2.30. The van der Waals surface area contributed by atoms with E-state index in [0.717, 1.165) is 16.5 Å². The van der Waals surface area contributed by atoms with Gasteiger partial charge >= 0.3 is 0 Å². The predicted molar refractivity (Wildman–Crippen MR) is 132 cm³/mol. The number of amides is 1. The van der Waals surface area contributed by atoms with Crippen molar-refractivity contribution < 1.29 is 14.0 Å². The van der Waals surface area contributed by atoms with Crippen molar-refractivity contribution in [3.05, 3.63) is 87.9 Å². The number of rotatable bonds is 8. The molecule has 3 N–H and O–H groups in total. The minimum atomic E-state index is -0.905. The predicted octanol–water partition coefficient (Wildman–Crippen LogP) is 2.89. The molecule has 0 saturated carbocycles. The van der Waals surface area contributed by atoms with Crippen molar-refractivity contribution in [1.82, 2.24) is 20.1 Å². The zero-order chi connectivity index (χ0) is 25.1. The summed E-state index contributed by atoms with van der Waals surface area (Å²) in [6.45, 7) is 5.30. The number of anilines is 1. The molecular weight excluding hydrogens is 446 g/mol. The van der Waals surface area contributed by atoms with Gasteiger partial charge in [0.2, 0.25) is 17.6 Å². The fourth-order valence-corrected chi connectivity index (χ4v) is 3.96. The van der Waals surface area contributed by atoms with Crippen LogP contribution in [-0.2, 0) is 17.8 Å². The van der Waals surface area contributed by atoms with Gasteiger partial charge in [0.05, 0.1) is 23.7 Å². The molecule has 180 valence electrons. The fraction of sp³-hybridized carbons (Fsp3) is 0.269. The molecule has 35 heavy (non-hydrogen) atoms. The number of Topliss-reactive ketones (excluding diaryl/α,β-unsaturated/α-hetero) is 1. The highest BCUT2D eigenvalue weighted by molar-refractivity contribution is 5.98. The minimum absolute atomic E-state index is 0.0417. The van der Waals surface area contributed by atoms with Gasteiger partial charge < -0.3 is 15.5 Å². The van der Waals surface area contributed by atoms with Crippen LogP contribution in [0.1, 0.15) is 41.6 Å². The summed E-state index contributed by atoms with van der Waals surface area (Å²) >= 11 is 0. The van der Waals surface area contributed by atoms with Crippen LogP contribution < -0.4 is 16.6 Å². The number of carbonyl (C=O) groups is 2. The second-order valence-electron chi connectivity index (χ2n) is 8.87. The molecule has 2 aromatic carbocycles. The van der Waals surface area contributed by atoms with Crippen molar-refractivity contribution in [1.29, 1.82) is 0 Å². The Morgan fingerprint density at radius 3 is 2.60 bits per heavy atom. The number of para-hydroxylation sites is 1. The van der Waals surface area contributed by atoms with Crippen LogP contribution >= 0.6 is 0 Å². The first-order valence-corrected chi connectivity index (χ1v) is 11.3. The maximum atomic E-state index is 13.1. The van der Waals surface area contributed by atoms with Crippen molar-refractivity contribution >= 4 is 28.3 Å². The van der Waals surface area contributed by atoms with E-state index in [1.54, 1.807) is 32.0 Å². The van der Waals surface area contributed by atoms with E-state index in [2.05, 4.69) is 15.5 Å². The summed E-state index contributed by atoms with van der Waals surface area (Å²) in [7, 11) is 0. The van der Waals surface area contributed by atoms with Crippen LogP contribution in [0.2, 0.25) is 0 Å². The summed E-state index contributed by atoms with van der Waals surface area (Å²) in [6.07, 6.45) is 0.395. The first kappa shape index (κ1) is 23.9. The summed E-state index contributed by atoms with van der Waals surface area (Å²) in [5, 5.41) is 11.4. The van der Waals surface area contributed by atoms with Crippen LogP contribution in [0, 0.1) is 12.8 Å². The lowest BCUT2D eigenvalue weighted by Gasteiger charge is -2.20. The fourth-order valence-electron chi connectivity index (χ4n) is 3.96. The molecule has 2 aromatic heterocycles. The molecule has 0 aliphatic carbocycles. The van der Waals surface area contributed by atoms with Crippen molar-refractivity contribution in [3.63, 3.8) is 0 Å². The Hall–Kier alpha value is -4.27. The van der Waals surface area contributed by atoms with Crippen molar-refractivity contribution in [2.24, 2.45) is 5.92 Å². The molecule has 0 aliphatic heterocycles. The summed E-state index contributed by atoms with van der Waals surface area (Å²) in [4.78, 5) is 38.7. The van der Waals surface area contributed by atoms with Gasteiger partial charge in [0.1, 0.15) is 6.54 Å². The van der Waals surface area contributed by atoms with Gasteiger partial charge in [0.15, 0.2) is 0 Å². The standard InChI is InChI=1S/C26H27N5O4/c1-15(2)23(24(33)25-30-29-22(35-25)12-17-8-6-7-16(3)11-17)28-21(32)14-31-20-10-5-4-9-18(20)13-19(27)26(31)34/h4-11,13,15,23H,12,14,27H2,1-3H3,(H,28,32)/t23-/m1/s1. The third kappa shape index (κ3) is 5.29. The molecule has 0 saturated heterocycles. The minimum Gasteiger partial charge on any atom is -0.418 e. The van der Waals surface area contributed by atoms with Gasteiger partial charge in [-0.15, -0.1) is 10.2 Å². The van der Waals surface area contributed by atoms with Gasteiger partial charge in [-0.3, -0.25) is 19.0 Å². The molecule has 9 nitrogen and oxygen atoms in total. The molecule has 9 heteroatoms. The average molecular weight is 474 g/mol. The van der Waals surface area contributed by atoms with Crippen molar-refractivity contribution in [2.75, 3.05) is 5.73 Å². The molecule has 0 aliphatic rings. The highest BCUT2D eigenvalue weighted by Crippen LogP contribution is 2.16. The number of benzene rings is 2. The molecule has 2 heterocycles. The largest absolute Gasteiger partial charge is 0.418 e. The number of nitrogens with zero attached hydrogens (tertiary/aromatic N) is 3. The number of nitrogens with one attached hydrogen (secondary N) is 1. The van der Waals surface area contributed by atoms with Crippen LogP contribution in [0.25, 0.3) is 10.9 Å². The van der Waals surface area contributed by atoms with Crippen LogP contribution in [-0.4, -0.2) is 32.5 Å². The first-order valence-electron chi connectivity index (χ1n) is 11.3. The molecule has 1 amide bonds. The highest BCUT2D eigenvalue weighted by atomic mass is 16.4. The molecule has 4 rings (SSSR count). The van der Waals surface area contributed by atoms with Gasteiger partial charge in [-0.2, -0.15) is 0 Å². The molecule has 0 fully saturated rings. The number of pyridine rings is 1. The second kappa shape index (κ2) is 9.92. The Morgan fingerprint density at radius 1 is 1.09 bits per heavy atom. The van der Waals surface area contributed by atoms with Crippen molar-refractivity contribution in [3.8, 4) is 0 Å². The number of fused-ring (bicyclic) bond motifs is 1. The van der Waals surface area contributed by atoms with E-state index in [-0.39, 0.29) is 24.0 Å². The van der Waals surface area contributed by atoms with Crippen LogP contribution in [0.15, 0.2) is 63.8 Å². The molecular formula is C26H27N5O4. The number of nitrogens with two attached hydrogens (primary N) is 1. The Balaban J connectivity index is 1.51. The zero-order valence-electron chi connectivity index (χ0n) is 19.8. The van der Waals surface area contributed by atoms with E-state index in [4.69, 9.17) is 10.2 Å². The number of carbonyl (C=O) groups excluding carboxylic acids is 2.